The van der Waals surface area contributed by atoms with Gasteiger partial charge >= 0.3 is 0 Å². The van der Waals surface area contributed by atoms with Crippen LogP contribution in [0.25, 0.3) is 10.6 Å². The third-order valence-corrected chi connectivity index (χ3v) is 6.62. The van der Waals surface area contributed by atoms with Gasteiger partial charge in [-0.15, -0.1) is 23.5 Å². The number of hydrogen-bond donors (Lipinski definition) is 0. The van der Waals surface area contributed by atoms with E-state index in [0.29, 0.717) is 23.7 Å². The summed E-state index contributed by atoms with van der Waals surface area (Å²) in [5, 5.41) is 10.5. The molecule has 2 nitrogen and oxygen atoms in total. The Balaban J connectivity index is 0.00000175. The molecule has 0 aliphatic rings. The topological polar surface area (TPSA) is 28.2 Å². The van der Waals surface area contributed by atoms with E-state index in [0.717, 1.165) is 6.42 Å². The summed E-state index contributed by atoms with van der Waals surface area (Å²) in [7, 11) is 0. The predicted octanol–water partition coefficient (Wildman–Crippen LogP) is 11.9. The van der Waals surface area contributed by atoms with E-state index in [-0.39, 0.29) is 36.9 Å². The first-order chi connectivity index (χ1) is 17.0. The summed E-state index contributed by atoms with van der Waals surface area (Å²) in [4.78, 5) is 0. The molecule has 3 rings (SSSR count). The molecule has 38 heavy (non-hydrogen) atoms. The maximum atomic E-state index is 5.24. The van der Waals surface area contributed by atoms with Crippen LogP contribution in [0.1, 0.15) is 122 Å². The Hall–Kier alpha value is -2.08. The van der Waals surface area contributed by atoms with Crippen molar-refractivity contribution in [2.24, 2.45) is 0 Å². The molecule has 3 aromatic carbocycles. The average molecular weight is 553 g/mol. The van der Waals surface area contributed by atoms with Crippen molar-refractivity contribution in [3.05, 3.63) is 107 Å². The summed E-state index contributed by atoms with van der Waals surface area (Å²) in [6, 6.07) is 23.8. The van der Waals surface area contributed by atoms with E-state index < -0.39 is 0 Å². The second-order valence-corrected chi connectivity index (χ2v) is 11.3. The Bertz CT molecular complexity index is 879. The standard InChI is InChI=1S/C29H44N2.C5H5.CH3.Cr/c1-18(2)24-13-11-14-25(19(3)4)28(24)30-22(9)17-23(10)31-29-26(20(5)6)15-12-16-27(29)21(7)8;1-2-4-5-3-1;;/h11-16,18-23H,17H2,1-10H3;1-5H;1H3;/q-2;2*-1;. The van der Waals surface area contributed by atoms with E-state index in [1.165, 1.54) is 33.6 Å². The molecule has 212 valence electrons. The van der Waals surface area contributed by atoms with Crippen LogP contribution in [0.2, 0.25) is 0 Å². The Morgan fingerprint density at radius 1 is 0.526 bits per heavy atom. The molecule has 0 aromatic heterocycles. The Morgan fingerprint density at radius 3 is 1.03 bits per heavy atom. The van der Waals surface area contributed by atoms with Gasteiger partial charge in [0, 0.05) is 17.4 Å². The van der Waals surface area contributed by atoms with Crippen molar-refractivity contribution in [2.45, 2.75) is 111 Å². The number of para-hydroxylation sites is 2. The maximum absolute atomic E-state index is 5.24. The van der Waals surface area contributed by atoms with Gasteiger partial charge in [0.25, 0.3) is 0 Å². The minimum atomic E-state index is 0. The van der Waals surface area contributed by atoms with Gasteiger partial charge in [-0.25, -0.2) is 12.1 Å². The van der Waals surface area contributed by atoms with Gasteiger partial charge < -0.3 is 18.1 Å². The van der Waals surface area contributed by atoms with Gasteiger partial charge in [-0.3, -0.25) is 0 Å². The summed E-state index contributed by atoms with van der Waals surface area (Å²) < 4.78 is 0. The van der Waals surface area contributed by atoms with Crippen molar-refractivity contribution in [3.8, 4) is 0 Å². The van der Waals surface area contributed by atoms with Gasteiger partial charge in [0.15, 0.2) is 0 Å². The van der Waals surface area contributed by atoms with Crippen LogP contribution in [0.4, 0.5) is 11.4 Å². The Labute approximate surface area is 246 Å². The van der Waals surface area contributed by atoms with E-state index in [1.54, 1.807) is 0 Å². The van der Waals surface area contributed by atoms with E-state index in [4.69, 9.17) is 10.6 Å². The fraction of sp³-hybridized carbons (Fsp3) is 0.486. The van der Waals surface area contributed by atoms with Crippen molar-refractivity contribution in [3.63, 3.8) is 0 Å². The van der Waals surface area contributed by atoms with Crippen LogP contribution in [-0.4, -0.2) is 12.1 Å². The quantitative estimate of drug-likeness (QED) is 0.224. The molecule has 0 aliphatic heterocycles. The van der Waals surface area contributed by atoms with Crippen LogP contribution in [0, 0.1) is 7.43 Å². The second-order valence-electron chi connectivity index (χ2n) is 11.3. The van der Waals surface area contributed by atoms with Crippen LogP contribution in [0.5, 0.6) is 0 Å². The van der Waals surface area contributed by atoms with Crippen molar-refractivity contribution in [1.29, 1.82) is 0 Å². The van der Waals surface area contributed by atoms with Gasteiger partial charge in [0.1, 0.15) is 0 Å². The van der Waals surface area contributed by atoms with Crippen molar-refractivity contribution < 1.29 is 17.4 Å². The first kappa shape index (κ1) is 35.9. The second kappa shape index (κ2) is 17.5. The first-order valence-corrected chi connectivity index (χ1v) is 13.9. The van der Waals surface area contributed by atoms with Crippen LogP contribution in [0.15, 0.2) is 66.7 Å². The smallest absolute Gasteiger partial charge is 0 e. The monoisotopic (exact) mass is 552 g/mol. The summed E-state index contributed by atoms with van der Waals surface area (Å²) in [5.74, 6) is 1.88. The Morgan fingerprint density at radius 2 is 0.816 bits per heavy atom. The molecular formula is C35H52CrN2-4. The normalized spacial score (nSPS) is 12.4. The molecular weight excluding hydrogens is 500 g/mol. The maximum Gasteiger partial charge on any atom is 0 e. The number of nitrogens with zero attached hydrogens (tertiary/aromatic N) is 2. The fourth-order valence-corrected chi connectivity index (χ4v) is 4.68. The van der Waals surface area contributed by atoms with Crippen LogP contribution in [-0.2, 0) is 17.4 Å². The van der Waals surface area contributed by atoms with Crippen LogP contribution < -0.4 is 0 Å². The van der Waals surface area contributed by atoms with Crippen molar-refractivity contribution in [1.82, 2.24) is 0 Å². The van der Waals surface area contributed by atoms with E-state index in [1.807, 2.05) is 30.3 Å². The van der Waals surface area contributed by atoms with E-state index >= 15 is 0 Å². The van der Waals surface area contributed by atoms with Gasteiger partial charge in [-0.05, 0) is 23.7 Å². The largest absolute Gasteiger partial charge is 0.681 e. The third-order valence-electron chi connectivity index (χ3n) is 6.62. The van der Waals surface area contributed by atoms with E-state index in [9.17, 15) is 0 Å². The molecule has 3 aromatic rings. The first-order valence-electron chi connectivity index (χ1n) is 13.9. The number of benzene rings is 2. The predicted molar refractivity (Wildman–Crippen MR) is 167 cm³/mol. The summed E-state index contributed by atoms with van der Waals surface area (Å²) in [5.41, 5.74) is 7.84. The average Bonchev–Trinajstić information content (AvgIpc) is 3.38. The molecule has 0 radical (unpaired) electrons. The van der Waals surface area contributed by atoms with Gasteiger partial charge in [-0.1, -0.05) is 134 Å². The zero-order valence-electron chi connectivity index (χ0n) is 25.8. The van der Waals surface area contributed by atoms with Gasteiger partial charge in [-0.2, -0.15) is 18.2 Å². The molecule has 0 N–H and O–H groups in total. The Kier molecular flexibility index (Phi) is 16.5. The van der Waals surface area contributed by atoms with Crippen molar-refractivity contribution in [2.75, 3.05) is 0 Å². The number of rotatable bonds is 10. The zero-order chi connectivity index (χ0) is 26.8. The summed E-state index contributed by atoms with van der Waals surface area (Å²) in [6.07, 6.45) is 0.952. The zero-order valence-corrected chi connectivity index (χ0v) is 27.1. The molecule has 0 saturated carbocycles. The molecule has 0 spiro atoms. The summed E-state index contributed by atoms with van der Waals surface area (Å²) in [6.45, 7) is 22.6. The van der Waals surface area contributed by atoms with Crippen LogP contribution in [0.3, 0.4) is 0 Å². The molecule has 2 atom stereocenters. The minimum absolute atomic E-state index is 0. The molecule has 0 fully saturated rings. The SMILES string of the molecule is CC(CC(C)[N-]c1c(C(C)C)cccc1C(C)C)[N-]c1c(C(C)C)cccc1C(C)C.[CH3-].[Cr].c1cc[cH-]c1. The van der Waals surface area contributed by atoms with Crippen LogP contribution >= 0.6 is 0 Å². The molecule has 0 saturated heterocycles. The van der Waals surface area contributed by atoms with E-state index in [2.05, 4.69) is 106 Å². The molecule has 2 unspecified atom stereocenters. The molecule has 0 amide bonds. The molecule has 0 aliphatic carbocycles. The van der Waals surface area contributed by atoms with Gasteiger partial charge in [0.05, 0.1) is 0 Å². The molecule has 3 heteroatoms. The van der Waals surface area contributed by atoms with Gasteiger partial charge in [0.2, 0.25) is 0 Å². The fourth-order valence-electron chi connectivity index (χ4n) is 4.68. The number of hydrogen-bond acceptors (Lipinski definition) is 0. The van der Waals surface area contributed by atoms with Crippen molar-refractivity contribution >= 4 is 11.4 Å². The minimum Gasteiger partial charge on any atom is -0.681 e. The summed E-state index contributed by atoms with van der Waals surface area (Å²) >= 11 is 0. The molecule has 0 heterocycles. The third kappa shape index (κ3) is 10.6. The molecule has 0 bridgehead atoms.